The zero-order chi connectivity index (χ0) is 6.69. The molecule has 9 heavy (non-hydrogen) atoms. The van der Waals surface area contributed by atoms with Gasteiger partial charge in [0, 0.05) is 0 Å². The molecule has 0 amide bonds. The Balaban J connectivity index is 2.31. The Morgan fingerprint density at radius 3 is 2.33 bits per heavy atom. The van der Waals surface area contributed by atoms with Crippen molar-refractivity contribution in [2.24, 2.45) is 0 Å². The van der Waals surface area contributed by atoms with Crippen molar-refractivity contribution in [3.8, 4) is 0 Å². The highest BCUT2D eigenvalue weighted by Crippen LogP contribution is 2.01. The predicted octanol–water partition coefficient (Wildman–Crippen LogP) is -0.625. The van der Waals surface area contributed by atoms with Gasteiger partial charge in [-0.25, -0.2) is 4.79 Å². The van der Waals surface area contributed by atoms with Gasteiger partial charge in [0.1, 0.15) is 0 Å². The van der Waals surface area contributed by atoms with Crippen molar-refractivity contribution in [3.05, 3.63) is 0 Å². The number of aliphatic carboxylic acids is 1. The highest BCUT2D eigenvalue weighted by molar-refractivity contribution is 5.70. The summed E-state index contributed by atoms with van der Waals surface area (Å²) in [6.07, 6.45) is -1.15. The van der Waals surface area contributed by atoms with Crippen LogP contribution in [0, 0.1) is 0 Å². The van der Waals surface area contributed by atoms with E-state index in [1.54, 1.807) is 0 Å². The average Bonchev–Trinajstić information content (AvgIpc) is 1.90. The molecule has 0 radical (unpaired) electrons. The molecule has 1 fully saturated rings. The van der Waals surface area contributed by atoms with Crippen molar-refractivity contribution < 1.29 is 24.1 Å². The number of ether oxygens (including phenoxy) is 3. The third-order valence-electron chi connectivity index (χ3n) is 0.807. The molecule has 1 N–H and O–H groups in total. The third-order valence-corrected chi connectivity index (χ3v) is 0.807. The van der Waals surface area contributed by atoms with E-state index in [2.05, 4.69) is 14.2 Å². The fraction of sp³-hybridized carbons (Fsp3) is 0.750. The Kier molecular flexibility index (Phi) is 1.99. The largest absolute Gasteiger partial charge is 0.477 e. The molecule has 1 heterocycles. The van der Waals surface area contributed by atoms with Gasteiger partial charge in [-0.15, -0.1) is 0 Å². The summed E-state index contributed by atoms with van der Waals surface area (Å²) in [5.41, 5.74) is 0. The molecule has 0 aromatic rings. The van der Waals surface area contributed by atoms with Gasteiger partial charge in [0.2, 0.25) is 0 Å². The van der Waals surface area contributed by atoms with Crippen LogP contribution in [0.5, 0.6) is 0 Å². The number of carboxylic acid groups (broad SMARTS) is 1. The number of carbonyl (C=O) groups is 1. The Morgan fingerprint density at radius 2 is 2.00 bits per heavy atom. The van der Waals surface area contributed by atoms with Gasteiger partial charge >= 0.3 is 5.97 Å². The first-order chi connectivity index (χ1) is 4.30. The molecule has 0 aromatic heterocycles. The lowest BCUT2D eigenvalue weighted by Crippen LogP contribution is -2.33. The quantitative estimate of drug-likeness (QED) is 0.517. The van der Waals surface area contributed by atoms with Gasteiger partial charge in [-0.1, -0.05) is 0 Å². The fourth-order valence-corrected chi connectivity index (χ4v) is 0.445. The van der Waals surface area contributed by atoms with Gasteiger partial charge in [0.15, 0.2) is 13.6 Å². The summed E-state index contributed by atoms with van der Waals surface area (Å²) in [4.78, 5) is 10.0. The number of rotatable bonds is 1. The molecule has 1 rings (SSSR count). The lowest BCUT2D eigenvalue weighted by molar-refractivity contribution is -0.293. The van der Waals surface area contributed by atoms with E-state index < -0.39 is 12.3 Å². The van der Waals surface area contributed by atoms with Crippen LogP contribution >= 0.6 is 0 Å². The van der Waals surface area contributed by atoms with E-state index in [0.29, 0.717) is 0 Å². The van der Waals surface area contributed by atoms with Crippen LogP contribution in [0.2, 0.25) is 0 Å². The summed E-state index contributed by atoms with van der Waals surface area (Å²) in [6.45, 7) is -0.0338. The summed E-state index contributed by atoms with van der Waals surface area (Å²) in [5.74, 6) is -1.13. The lowest BCUT2D eigenvalue weighted by atomic mass is 10.6. The molecule has 0 aromatic carbocycles. The van der Waals surface area contributed by atoms with Crippen molar-refractivity contribution in [1.29, 1.82) is 0 Å². The van der Waals surface area contributed by atoms with Crippen LogP contribution in [0.1, 0.15) is 0 Å². The fourth-order valence-electron chi connectivity index (χ4n) is 0.445. The van der Waals surface area contributed by atoms with E-state index in [0.717, 1.165) is 0 Å². The molecular weight excluding hydrogens is 128 g/mol. The molecule has 0 aliphatic carbocycles. The zero-order valence-corrected chi connectivity index (χ0v) is 4.57. The second kappa shape index (κ2) is 2.77. The minimum absolute atomic E-state index is 0.0169. The molecule has 1 saturated heterocycles. The normalized spacial score (nSPS) is 21.8. The second-order valence-electron chi connectivity index (χ2n) is 1.44. The summed E-state index contributed by atoms with van der Waals surface area (Å²) in [7, 11) is 0. The van der Waals surface area contributed by atoms with Crippen molar-refractivity contribution in [1.82, 2.24) is 0 Å². The molecule has 0 unspecified atom stereocenters. The zero-order valence-electron chi connectivity index (χ0n) is 4.57. The molecule has 5 heteroatoms. The molecule has 0 saturated carbocycles. The van der Waals surface area contributed by atoms with Crippen LogP contribution in [0.15, 0.2) is 0 Å². The number of carboxylic acids is 1. The van der Waals surface area contributed by atoms with Crippen LogP contribution in [-0.2, 0) is 19.0 Å². The van der Waals surface area contributed by atoms with Crippen LogP contribution in [0.25, 0.3) is 0 Å². The molecule has 1 aliphatic heterocycles. The highest BCUT2D eigenvalue weighted by Gasteiger charge is 2.21. The summed E-state index contributed by atoms with van der Waals surface area (Å²) >= 11 is 0. The molecule has 0 spiro atoms. The second-order valence-corrected chi connectivity index (χ2v) is 1.44. The van der Waals surface area contributed by atoms with Crippen LogP contribution < -0.4 is 0 Å². The van der Waals surface area contributed by atoms with Gasteiger partial charge in [-0.2, -0.15) is 0 Å². The van der Waals surface area contributed by atoms with Gasteiger partial charge in [0.05, 0.1) is 0 Å². The minimum atomic E-state index is -1.15. The first-order valence-electron chi connectivity index (χ1n) is 2.34. The van der Waals surface area contributed by atoms with Gasteiger partial charge in [-0.05, 0) is 0 Å². The monoisotopic (exact) mass is 134 g/mol. The highest BCUT2D eigenvalue weighted by atomic mass is 16.9. The van der Waals surface area contributed by atoms with E-state index in [1.165, 1.54) is 0 Å². The topological polar surface area (TPSA) is 65.0 Å². The van der Waals surface area contributed by atoms with Crippen molar-refractivity contribution in [3.63, 3.8) is 0 Å². The van der Waals surface area contributed by atoms with Crippen molar-refractivity contribution in [2.45, 2.75) is 6.29 Å². The first kappa shape index (κ1) is 6.47. The first-order valence-corrected chi connectivity index (χ1v) is 2.34. The Morgan fingerprint density at radius 1 is 1.44 bits per heavy atom. The van der Waals surface area contributed by atoms with E-state index in [1.807, 2.05) is 0 Å². The Bertz CT molecular complexity index is 106. The molecule has 0 atom stereocenters. The minimum Gasteiger partial charge on any atom is -0.477 e. The summed E-state index contributed by atoms with van der Waals surface area (Å²) in [6, 6.07) is 0. The van der Waals surface area contributed by atoms with E-state index in [9.17, 15) is 4.79 Å². The van der Waals surface area contributed by atoms with E-state index in [-0.39, 0.29) is 13.6 Å². The van der Waals surface area contributed by atoms with E-state index >= 15 is 0 Å². The molecule has 5 nitrogen and oxygen atoms in total. The van der Waals surface area contributed by atoms with Crippen molar-refractivity contribution in [2.75, 3.05) is 13.6 Å². The number of hydrogen-bond donors (Lipinski definition) is 1. The molecular formula is C4H6O5. The Hall–Kier alpha value is -0.650. The summed E-state index contributed by atoms with van der Waals surface area (Å²) < 4.78 is 13.5. The Labute approximate surface area is 51.1 Å². The van der Waals surface area contributed by atoms with Gasteiger partial charge < -0.3 is 19.3 Å². The average molecular weight is 134 g/mol. The van der Waals surface area contributed by atoms with Crippen LogP contribution in [0.3, 0.4) is 0 Å². The molecule has 1 aliphatic rings. The standard InChI is InChI=1S/C4H6O5/c5-3(6)4-8-1-7-2-9-4/h4H,1-2H2,(H,5,6). The maximum absolute atomic E-state index is 10.0. The van der Waals surface area contributed by atoms with E-state index in [4.69, 9.17) is 5.11 Å². The lowest BCUT2D eigenvalue weighted by Gasteiger charge is -2.18. The molecule has 0 bridgehead atoms. The maximum Gasteiger partial charge on any atom is 0.361 e. The van der Waals surface area contributed by atoms with Gasteiger partial charge in [-0.3, -0.25) is 0 Å². The smallest absolute Gasteiger partial charge is 0.361 e. The van der Waals surface area contributed by atoms with Crippen LogP contribution in [-0.4, -0.2) is 31.0 Å². The number of hydrogen-bond acceptors (Lipinski definition) is 4. The van der Waals surface area contributed by atoms with Gasteiger partial charge in [0.25, 0.3) is 6.29 Å². The SMILES string of the molecule is O=C(O)C1OCOCO1. The third kappa shape index (κ3) is 1.63. The van der Waals surface area contributed by atoms with Crippen molar-refractivity contribution >= 4 is 5.97 Å². The predicted molar refractivity (Wildman–Crippen MR) is 24.4 cm³/mol. The van der Waals surface area contributed by atoms with Crippen LogP contribution in [0.4, 0.5) is 0 Å². The summed E-state index contributed by atoms with van der Waals surface area (Å²) in [5, 5.41) is 8.23. The maximum atomic E-state index is 10.0. The molecule has 52 valence electrons.